The fraction of sp³-hybridized carbons (Fsp3) is 0.368. The maximum atomic E-state index is 12.0. The van der Waals surface area contributed by atoms with Gasteiger partial charge in [0, 0.05) is 40.7 Å². The van der Waals surface area contributed by atoms with Crippen molar-refractivity contribution < 1.29 is 8.42 Å². The van der Waals surface area contributed by atoms with Gasteiger partial charge in [0.1, 0.15) is 0 Å². The molecule has 1 aliphatic rings. The summed E-state index contributed by atoms with van der Waals surface area (Å²) in [5.41, 5.74) is 13.9. The molecule has 146 valence electrons. The lowest BCUT2D eigenvalue weighted by Crippen LogP contribution is -2.58. The molecule has 0 spiro atoms. The van der Waals surface area contributed by atoms with Crippen molar-refractivity contribution >= 4 is 38.8 Å². The number of benzene rings is 2. The normalized spacial score (nSPS) is 21.4. The zero-order valence-electron chi connectivity index (χ0n) is 15.8. The highest BCUT2D eigenvalue weighted by atomic mass is 32.2. The van der Waals surface area contributed by atoms with Crippen LogP contribution in [0.4, 0.5) is 17.1 Å². The lowest BCUT2D eigenvalue weighted by atomic mass is 10.1. The number of nitrogens with two attached hydrogens (primary N) is 2. The standard InChI is InChI=1S/C19H26N4O2S2/c1-13-11-22(12-14(2)23(13)27(3,24)25)15-4-6-16(7-5-15)26-17-8-9-18(20)19(21)10-17/h4-10,13-14H,11-12,20-21H2,1-3H3. The Morgan fingerprint density at radius 3 is 2.00 bits per heavy atom. The van der Waals surface area contributed by atoms with Crippen LogP contribution in [0.25, 0.3) is 0 Å². The van der Waals surface area contributed by atoms with Crippen LogP contribution in [0.2, 0.25) is 0 Å². The van der Waals surface area contributed by atoms with Crippen LogP contribution in [0.3, 0.4) is 0 Å². The number of rotatable bonds is 4. The Balaban J connectivity index is 1.71. The molecule has 3 rings (SSSR count). The Morgan fingerprint density at radius 1 is 0.926 bits per heavy atom. The van der Waals surface area contributed by atoms with Crippen molar-refractivity contribution in [1.29, 1.82) is 0 Å². The third kappa shape index (κ3) is 4.51. The average Bonchev–Trinajstić information content (AvgIpc) is 2.57. The zero-order chi connectivity index (χ0) is 19.8. The van der Waals surface area contributed by atoms with Gasteiger partial charge < -0.3 is 16.4 Å². The van der Waals surface area contributed by atoms with Crippen LogP contribution in [-0.4, -0.2) is 44.2 Å². The highest BCUT2D eigenvalue weighted by Gasteiger charge is 2.35. The smallest absolute Gasteiger partial charge is 0.211 e. The average molecular weight is 407 g/mol. The summed E-state index contributed by atoms with van der Waals surface area (Å²) < 4.78 is 25.6. The molecule has 0 radical (unpaired) electrons. The van der Waals surface area contributed by atoms with Gasteiger partial charge in [-0.15, -0.1) is 0 Å². The summed E-state index contributed by atoms with van der Waals surface area (Å²) in [6.07, 6.45) is 1.28. The van der Waals surface area contributed by atoms with Gasteiger partial charge in [0.05, 0.1) is 17.6 Å². The second-order valence-corrected chi connectivity index (χ2v) is 10.1. The van der Waals surface area contributed by atoms with E-state index in [4.69, 9.17) is 11.5 Å². The zero-order valence-corrected chi connectivity index (χ0v) is 17.4. The molecule has 1 aliphatic heterocycles. The molecule has 27 heavy (non-hydrogen) atoms. The Labute approximate surface area is 165 Å². The van der Waals surface area contributed by atoms with Crippen molar-refractivity contribution in [1.82, 2.24) is 4.31 Å². The molecule has 8 heteroatoms. The monoisotopic (exact) mass is 406 g/mol. The molecule has 2 aromatic carbocycles. The van der Waals surface area contributed by atoms with Crippen LogP contribution >= 0.6 is 11.8 Å². The van der Waals surface area contributed by atoms with E-state index < -0.39 is 10.0 Å². The number of anilines is 3. The first-order valence-electron chi connectivity index (χ1n) is 8.81. The summed E-state index contributed by atoms with van der Waals surface area (Å²) in [6.45, 7) is 5.27. The van der Waals surface area contributed by atoms with Crippen LogP contribution in [-0.2, 0) is 10.0 Å². The third-order valence-electron chi connectivity index (χ3n) is 4.72. The first-order valence-corrected chi connectivity index (χ1v) is 11.5. The molecule has 1 fully saturated rings. The molecule has 0 saturated carbocycles. The molecule has 0 aromatic heterocycles. The Hall–Kier alpha value is -1.90. The molecule has 6 nitrogen and oxygen atoms in total. The summed E-state index contributed by atoms with van der Waals surface area (Å²) in [4.78, 5) is 4.39. The molecular formula is C19H26N4O2S2. The minimum atomic E-state index is -3.19. The van der Waals surface area contributed by atoms with Gasteiger partial charge in [0.25, 0.3) is 0 Å². The lowest BCUT2D eigenvalue weighted by molar-refractivity contribution is 0.243. The summed E-state index contributed by atoms with van der Waals surface area (Å²) >= 11 is 1.63. The van der Waals surface area contributed by atoms with Gasteiger partial charge >= 0.3 is 0 Å². The Kier molecular flexibility index (Phi) is 5.60. The molecule has 1 saturated heterocycles. The topological polar surface area (TPSA) is 92.7 Å². The van der Waals surface area contributed by atoms with E-state index in [1.54, 1.807) is 16.1 Å². The number of hydrogen-bond donors (Lipinski definition) is 2. The Morgan fingerprint density at radius 2 is 1.48 bits per heavy atom. The van der Waals surface area contributed by atoms with Crippen LogP contribution in [0.1, 0.15) is 13.8 Å². The van der Waals surface area contributed by atoms with Gasteiger partial charge in [-0.3, -0.25) is 0 Å². The van der Waals surface area contributed by atoms with Gasteiger partial charge in [-0.25, -0.2) is 8.42 Å². The molecular weight excluding hydrogens is 380 g/mol. The maximum Gasteiger partial charge on any atom is 0.211 e. The molecule has 1 heterocycles. The van der Waals surface area contributed by atoms with Crippen molar-refractivity contribution in [3.63, 3.8) is 0 Å². The van der Waals surface area contributed by atoms with Crippen molar-refractivity contribution in [3.05, 3.63) is 42.5 Å². The summed E-state index contributed by atoms with van der Waals surface area (Å²) in [6, 6.07) is 13.8. The third-order valence-corrected chi connectivity index (χ3v) is 7.20. The second-order valence-electron chi connectivity index (χ2n) is 7.08. The van der Waals surface area contributed by atoms with E-state index in [0.717, 1.165) is 15.5 Å². The van der Waals surface area contributed by atoms with Crippen LogP contribution in [0.15, 0.2) is 52.3 Å². The van der Waals surface area contributed by atoms with Crippen LogP contribution in [0, 0.1) is 0 Å². The van der Waals surface area contributed by atoms with Gasteiger partial charge in [-0.1, -0.05) is 11.8 Å². The predicted molar refractivity (Wildman–Crippen MR) is 114 cm³/mol. The molecule has 2 aromatic rings. The molecule has 0 bridgehead atoms. The van der Waals surface area contributed by atoms with Gasteiger partial charge in [-0.05, 0) is 56.3 Å². The van der Waals surface area contributed by atoms with Crippen molar-refractivity contribution in [3.8, 4) is 0 Å². The van der Waals surface area contributed by atoms with Gasteiger partial charge in [0.15, 0.2) is 0 Å². The van der Waals surface area contributed by atoms with E-state index in [0.29, 0.717) is 24.5 Å². The fourth-order valence-corrected chi connectivity index (χ4v) is 5.96. The van der Waals surface area contributed by atoms with Crippen molar-refractivity contribution in [2.75, 3.05) is 35.7 Å². The van der Waals surface area contributed by atoms with E-state index in [9.17, 15) is 8.42 Å². The number of nitrogens with zero attached hydrogens (tertiary/aromatic N) is 2. The number of piperazine rings is 1. The molecule has 2 unspecified atom stereocenters. The minimum Gasteiger partial charge on any atom is -0.397 e. The quantitative estimate of drug-likeness (QED) is 0.759. The highest BCUT2D eigenvalue weighted by molar-refractivity contribution is 7.99. The van der Waals surface area contributed by atoms with E-state index in [2.05, 4.69) is 29.2 Å². The lowest BCUT2D eigenvalue weighted by Gasteiger charge is -2.43. The van der Waals surface area contributed by atoms with E-state index in [1.165, 1.54) is 6.26 Å². The van der Waals surface area contributed by atoms with Crippen molar-refractivity contribution in [2.24, 2.45) is 0 Å². The van der Waals surface area contributed by atoms with Gasteiger partial charge in [0.2, 0.25) is 10.0 Å². The van der Waals surface area contributed by atoms with E-state index in [-0.39, 0.29) is 12.1 Å². The first kappa shape index (κ1) is 19.9. The van der Waals surface area contributed by atoms with Gasteiger partial charge in [-0.2, -0.15) is 4.31 Å². The highest BCUT2D eigenvalue weighted by Crippen LogP contribution is 2.32. The second kappa shape index (κ2) is 7.61. The predicted octanol–water partition coefficient (Wildman–Crippen LogP) is 2.86. The Bertz CT molecular complexity index is 904. The number of hydrogen-bond acceptors (Lipinski definition) is 6. The minimum absolute atomic E-state index is 0.0597. The summed E-state index contributed by atoms with van der Waals surface area (Å²) in [5, 5.41) is 0. The summed E-state index contributed by atoms with van der Waals surface area (Å²) in [5.74, 6) is 0. The largest absolute Gasteiger partial charge is 0.397 e. The summed E-state index contributed by atoms with van der Waals surface area (Å²) in [7, 11) is -3.19. The van der Waals surface area contributed by atoms with Crippen molar-refractivity contribution in [2.45, 2.75) is 35.7 Å². The van der Waals surface area contributed by atoms with Crippen LogP contribution < -0.4 is 16.4 Å². The molecule has 4 N–H and O–H groups in total. The number of nitrogen functional groups attached to an aromatic ring is 2. The maximum absolute atomic E-state index is 12.0. The molecule has 2 atom stereocenters. The first-order chi connectivity index (χ1) is 12.6. The van der Waals surface area contributed by atoms with Crippen LogP contribution in [0.5, 0.6) is 0 Å². The van der Waals surface area contributed by atoms with E-state index in [1.807, 2.05) is 32.0 Å². The fourth-order valence-electron chi connectivity index (χ4n) is 3.65. The SMILES string of the molecule is CC1CN(c2ccc(Sc3ccc(N)c(N)c3)cc2)CC(C)N1S(C)(=O)=O. The molecule has 0 aliphatic carbocycles. The van der Waals surface area contributed by atoms with E-state index >= 15 is 0 Å². The number of sulfonamides is 1. The molecule has 0 amide bonds.